The Morgan fingerprint density at radius 1 is 1.27 bits per heavy atom. The van der Waals surface area contributed by atoms with Crippen LogP contribution in [0.3, 0.4) is 0 Å². The molecule has 0 fully saturated rings. The molecule has 1 atom stereocenters. The second kappa shape index (κ2) is 6.71. The van der Waals surface area contributed by atoms with E-state index in [9.17, 15) is 9.65 Å². The van der Waals surface area contributed by atoms with Crippen molar-refractivity contribution in [3.8, 4) is 17.3 Å². The Hall–Kier alpha value is -3.64. The van der Waals surface area contributed by atoms with E-state index in [1.807, 2.05) is 20.0 Å². The largest absolute Gasteiger partial charge is 0.296 e. The number of halogens is 1. The zero-order chi connectivity index (χ0) is 21.0. The van der Waals surface area contributed by atoms with E-state index in [-0.39, 0.29) is 11.7 Å². The molecular formula is C21H19FN8. The van der Waals surface area contributed by atoms with E-state index < -0.39 is 0 Å². The lowest BCUT2D eigenvalue weighted by molar-refractivity contribution is 0.313. The second-order valence-corrected chi connectivity index (χ2v) is 7.70. The van der Waals surface area contributed by atoms with Gasteiger partial charge in [0.2, 0.25) is 0 Å². The van der Waals surface area contributed by atoms with Crippen molar-refractivity contribution in [1.82, 2.24) is 34.8 Å². The first-order valence-corrected chi connectivity index (χ1v) is 9.60. The molecule has 4 heterocycles. The molecule has 0 saturated heterocycles. The van der Waals surface area contributed by atoms with Crippen LogP contribution in [0.25, 0.3) is 22.4 Å². The first-order chi connectivity index (χ1) is 14.5. The van der Waals surface area contributed by atoms with E-state index in [2.05, 4.69) is 31.2 Å². The summed E-state index contributed by atoms with van der Waals surface area (Å²) in [6.45, 7) is 3.10. The van der Waals surface area contributed by atoms with Crippen LogP contribution in [-0.2, 0) is 20.1 Å². The number of nitrogens with one attached hydrogen (secondary N) is 1. The zero-order valence-corrected chi connectivity index (χ0v) is 16.8. The minimum atomic E-state index is -0.285. The fraction of sp³-hybridized carbons (Fsp3) is 0.286. The lowest BCUT2D eigenvalue weighted by Crippen LogP contribution is -2.20. The molecule has 0 unspecified atom stereocenters. The van der Waals surface area contributed by atoms with Crippen molar-refractivity contribution in [2.24, 2.45) is 7.05 Å². The van der Waals surface area contributed by atoms with Crippen molar-refractivity contribution < 1.29 is 4.39 Å². The number of nitrogens with zero attached hydrogens (tertiary/aromatic N) is 7. The Kier molecular flexibility index (Phi) is 4.11. The molecule has 4 aromatic rings. The first kappa shape index (κ1) is 18.4. The highest BCUT2D eigenvalue weighted by Gasteiger charge is 2.26. The van der Waals surface area contributed by atoms with Crippen molar-refractivity contribution in [2.45, 2.75) is 25.9 Å². The average molecular weight is 402 g/mol. The van der Waals surface area contributed by atoms with Gasteiger partial charge in [0.25, 0.3) is 0 Å². The van der Waals surface area contributed by atoms with Gasteiger partial charge in [0.15, 0.2) is 5.65 Å². The van der Waals surface area contributed by atoms with E-state index in [1.165, 1.54) is 6.07 Å². The van der Waals surface area contributed by atoms with Gasteiger partial charge in [-0.2, -0.15) is 15.5 Å². The molecule has 1 N–H and O–H groups in total. The predicted octanol–water partition coefficient (Wildman–Crippen LogP) is 2.86. The molecule has 0 amide bonds. The third-order valence-corrected chi connectivity index (χ3v) is 5.62. The van der Waals surface area contributed by atoms with Crippen LogP contribution in [0.2, 0.25) is 0 Å². The highest BCUT2D eigenvalue weighted by molar-refractivity contribution is 5.79. The van der Waals surface area contributed by atoms with E-state index >= 15 is 0 Å². The summed E-state index contributed by atoms with van der Waals surface area (Å²) in [4.78, 5) is 11.4. The van der Waals surface area contributed by atoms with E-state index in [0.717, 1.165) is 16.8 Å². The summed E-state index contributed by atoms with van der Waals surface area (Å²) in [6, 6.07) is 7.10. The summed E-state index contributed by atoms with van der Waals surface area (Å²) in [7, 11) is 3.72. The van der Waals surface area contributed by atoms with Crippen LogP contribution in [0.15, 0.2) is 24.4 Å². The number of hydrogen-bond acceptors (Lipinski definition) is 6. The van der Waals surface area contributed by atoms with Gasteiger partial charge in [0, 0.05) is 26.1 Å². The third kappa shape index (κ3) is 2.76. The molecule has 0 radical (unpaired) electrons. The number of aromatic amines is 1. The van der Waals surface area contributed by atoms with Gasteiger partial charge in [-0.1, -0.05) is 13.0 Å². The number of rotatable bonds is 0. The van der Waals surface area contributed by atoms with Crippen molar-refractivity contribution in [3.63, 3.8) is 0 Å². The quantitative estimate of drug-likeness (QED) is 0.486. The number of hydrogen-bond donors (Lipinski definition) is 1. The van der Waals surface area contributed by atoms with Crippen LogP contribution in [0.5, 0.6) is 0 Å². The maximum absolute atomic E-state index is 14.1. The fourth-order valence-electron chi connectivity index (χ4n) is 4.19. The summed E-state index contributed by atoms with van der Waals surface area (Å²) >= 11 is 0. The topological polar surface area (TPSA) is 99.3 Å². The van der Waals surface area contributed by atoms with Gasteiger partial charge >= 0.3 is 0 Å². The number of fused-ring (bicyclic) bond motifs is 4. The van der Waals surface area contributed by atoms with Gasteiger partial charge in [-0.25, -0.2) is 14.4 Å². The molecule has 30 heavy (non-hydrogen) atoms. The van der Waals surface area contributed by atoms with Crippen molar-refractivity contribution in [2.75, 3.05) is 7.05 Å². The van der Waals surface area contributed by atoms with Crippen molar-refractivity contribution in [3.05, 3.63) is 58.4 Å². The molecule has 1 aromatic carbocycles. The van der Waals surface area contributed by atoms with Crippen molar-refractivity contribution in [1.29, 1.82) is 5.26 Å². The Morgan fingerprint density at radius 2 is 2.10 bits per heavy atom. The van der Waals surface area contributed by atoms with Gasteiger partial charge < -0.3 is 0 Å². The maximum Gasteiger partial charge on any atom is 0.174 e. The minimum absolute atomic E-state index is 0.189. The molecule has 3 aromatic heterocycles. The maximum atomic E-state index is 14.1. The zero-order valence-electron chi connectivity index (χ0n) is 16.8. The number of nitriles is 1. The molecule has 2 bridgehead atoms. The Bertz CT molecular complexity index is 1330. The van der Waals surface area contributed by atoms with Crippen molar-refractivity contribution >= 4 is 11.2 Å². The molecular weight excluding hydrogens is 383 g/mol. The van der Waals surface area contributed by atoms with Crippen LogP contribution in [0, 0.1) is 17.1 Å². The van der Waals surface area contributed by atoms with Crippen LogP contribution in [0.1, 0.15) is 41.1 Å². The number of benzene rings is 1. The molecule has 1 aliphatic heterocycles. The molecule has 150 valence electrons. The Morgan fingerprint density at radius 3 is 2.90 bits per heavy atom. The molecule has 0 saturated carbocycles. The van der Waals surface area contributed by atoms with Gasteiger partial charge in [-0.3, -0.25) is 14.7 Å². The summed E-state index contributed by atoms with van der Waals surface area (Å²) in [5.74, 6) is -0.474. The Labute approximate surface area is 172 Å². The molecule has 8 nitrogen and oxygen atoms in total. The highest BCUT2D eigenvalue weighted by atomic mass is 19.1. The SMILES string of the molecule is C[C@@H]1c2cc(F)ccc2CN(C)Cc2nn(C)c(C#N)c2-c2cnc3[nH]nc1c3n2. The predicted molar refractivity (Wildman–Crippen MR) is 108 cm³/mol. The van der Waals surface area contributed by atoms with Gasteiger partial charge in [-0.15, -0.1) is 0 Å². The summed E-state index contributed by atoms with van der Waals surface area (Å²) in [6.07, 6.45) is 1.63. The highest BCUT2D eigenvalue weighted by Crippen LogP contribution is 2.34. The summed E-state index contributed by atoms with van der Waals surface area (Å²) in [5, 5.41) is 21.7. The fourth-order valence-corrected chi connectivity index (χ4v) is 4.19. The molecule has 5 rings (SSSR count). The average Bonchev–Trinajstić information content (AvgIpc) is 3.27. The van der Waals surface area contributed by atoms with E-state index in [0.29, 0.717) is 46.9 Å². The monoisotopic (exact) mass is 402 g/mol. The lowest BCUT2D eigenvalue weighted by Gasteiger charge is -2.21. The lowest BCUT2D eigenvalue weighted by atomic mass is 9.92. The first-order valence-electron chi connectivity index (χ1n) is 9.60. The van der Waals surface area contributed by atoms with E-state index in [1.54, 1.807) is 24.0 Å². The summed E-state index contributed by atoms with van der Waals surface area (Å²) < 4.78 is 15.7. The van der Waals surface area contributed by atoms with Gasteiger partial charge in [0.1, 0.15) is 23.1 Å². The van der Waals surface area contributed by atoms with Gasteiger partial charge in [0.05, 0.1) is 28.8 Å². The minimum Gasteiger partial charge on any atom is -0.296 e. The van der Waals surface area contributed by atoms with E-state index in [4.69, 9.17) is 4.98 Å². The normalized spacial score (nSPS) is 16.6. The van der Waals surface area contributed by atoms with Crippen LogP contribution in [-0.4, -0.2) is 41.9 Å². The second-order valence-electron chi connectivity index (χ2n) is 7.70. The molecule has 9 heteroatoms. The van der Waals surface area contributed by atoms with Crippen LogP contribution >= 0.6 is 0 Å². The third-order valence-electron chi connectivity index (χ3n) is 5.62. The van der Waals surface area contributed by atoms with Crippen LogP contribution < -0.4 is 0 Å². The number of aryl methyl sites for hydroxylation is 1. The number of H-pyrrole nitrogens is 1. The molecule has 0 aliphatic carbocycles. The standard InChI is InChI=1S/C21H19FN8/c1-11-14-6-13(22)5-4-12(14)9-29(2)10-16-18(17(7-23)30(3)28-16)15-8-24-21-20(25-15)19(11)26-27-21/h4-6,8,11H,9-10H2,1-3H3,(H,24,26,27)/t11-/m1/s1. The molecule has 0 spiro atoms. The summed E-state index contributed by atoms with van der Waals surface area (Å²) in [5.41, 5.74) is 6.16. The van der Waals surface area contributed by atoms with Crippen LogP contribution in [0.4, 0.5) is 4.39 Å². The molecule has 1 aliphatic rings. The van der Waals surface area contributed by atoms with Gasteiger partial charge in [-0.05, 0) is 30.3 Å². The Balaban J connectivity index is 1.82. The number of aromatic nitrogens is 6. The smallest absolute Gasteiger partial charge is 0.174 e.